The van der Waals surface area contributed by atoms with Gasteiger partial charge in [-0.25, -0.2) is 9.97 Å². The summed E-state index contributed by atoms with van der Waals surface area (Å²) in [4.78, 5) is 8.21. The molecule has 2 unspecified atom stereocenters. The van der Waals surface area contributed by atoms with Crippen molar-refractivity contribution in [3.63, 3.8) is 0 Å². The maximum absolute atomic E-state index is 9.23. The number of ether oxygens (including phenoxy) is 1. The first-order chi connectivity index (χ1) is 8.13. The van der Waals surface area contributed by atoms with Gasteiger partial charge < -0.3 is 15.2 Å². The third-order valence-corrected chi connectivity index (χ3v) is 3.80. The van der Waals surface area contributed by atoms with Gasteiger partial charge in [-0.2, -0.15) is 11.8 Å². The molecular weight excluding hydrogens is 238 g/mol. The molecule has 0 saturated carbocycles. The lowest BCUT2D eigenvalue weighted by molar-refractivity contribution is 0.288. The van der Waals surface area contributed by atoms with Gasteiger partial charge in [-0.3, -0.25) is 0 Å². The average molecular weight is 257 g/mol. The molecule has 0 aliphatic carbocycles. The lowest BCUT2D eigenvalue weighted by Gasteiger charge is -2.22. The fraction of sp³-hybridized carbons (Fsp3) is 0.636. The van der Waals surface area contributed by atoms with Crippen molar-refractivity contribution < 1.29 is 9.84 Å². The molecular formula is C11H19N3O2S. The van der Waals surface area contributed by atoms with Crippen LogP contribution in [0.25, 0.3) is 0 Å². The minimum absolute atomic E-state index is 0.119. The van der Waals surface area contributed by atoms with E-state index in [1.165, 1.54) is 6.33 Å². The number of aromatic nitrogens is 2. The molecule has 5 nitrogen and oxygen atoms in total. The molecule has 0 aliphatic heterocycles. The summed E-state index contributed by atoms with van der Waals surface area (Å²) in [6, 6.07) is 0.119. The molecule has 6 heteroatoms. The zero-order valence-electron chi connectivity index (χ0n) is 10.6. The fourth-order valence-corrected chi connectivity index (χ4v) is 2.16. The maximum Gasteiger partial charge on any atom is 0.221 e. The molecule has 1 rings (SSSR count). The molecule has 17 heavy (non-hydrogen) atoms. The van der Waals surface area contributed by atoms with E-state index in [2.05, 4.69) is 15.3 Å². The maximum atomic E-state index is 9.23. The standard InChI is InChI=1S/C11H19N3O2S/c1-7-10(12-6-13-11(7)16-3)14-8(2)9(5-15)17-4/h6,8-9,15H,5H2,1-4H3,(H,12,13,14). The van der Waals surface area contributed by atoms with Crippen molar-refractivity contribution in [1.82, 2.24) is 9.97 Å². The Bertz CT molecular complexity index is 359. The van der Waals surface area contributed by atoms with E-state index in [0.717, 1.165) is 11.4 Å². The number of hydrogen-bond acceptors (Lipinski definition) is 6. The zero-order valence-corrected chi connectivity index (χ0v) is 11.4. The second kappa shape index (κ2) is 6.66. The summed E-state index contributed by atoms with van der Waals surface area (Å²) in [6.07, 6.45) is 3.44. The molecule has 0 radical (unpaired) electrons. The minimum Gasteiger partial charge on any atom is -0.481 e. The highest BCUT2D eigenvalue weighted by molar-refractivity contribution is 7.99. The summed E-state index contributed by atoms with van der Waals surface area (Å²) in [6.45, 7) is 4.06. The van der Waals surface area contributed by atoms with E-state index in [9.17, 15) is 5.11 Å². The highest BCUT2D eigenvalue weighted by Crippen LogP contribution is 2.22. The van der Waals surface area contributed by atoms with Gasteiger partial charge in [-0.05, 0) is 20.1 Å². The summed E-state index contributed by atoms with van der Waals surface area (Å²) >= 11 is 1.63. The zero-order chi connectivity index (χ0) is 12.8. The second-order valence-electron chi connectivity index (χ2n) is 3.75. The number of methoxy groups -OCH3 is 1. The van der Waals surface area contributed by atoms with Gasteiger partial charge in [0, 0.05) is 11.3 Å². The molecule has 1 aromatic heterocycles. The van der Waals surface area contributed by atoms with Crippen molar-refractivity contribution in [2.45, 2.75) is 25.1 Å². The van der Waals surface area contributed by atoms with Crippen LogP contribution >= 0.6 is 11.8 Å². The highest BCUT2D eigenvalue weighted by atomic mass is 32.2. The van der Waals surface area contributed by atoms with E-state index in [1.54, 1.807) is 18.9 Å². The molecule has 1 heterocycles. The summed E-state index contributed by atoms with van der Waals surface area (Å²) in [5.41, 5.74) is 0.875. The number of aliphatic hydroxyl groups is 1. The summed E-state index contributed by atoms with van der Waals surface area (Å²) in [5.74, 6) is 1.32. The van der Waals surface area contributed by atoms with Crippen LogP contribution < -0.4 is 10.1 Å². The fourth-order valence-electron chi connectivity index (χ4n) is 1.53. The molecule has 0 fully saturated rings. The normalized spacial score (nSPS) is 14.2. The van der Waals surface area contributed by atoms with Crippen LogP contribution in [0.1, 0.15) is 12.5 Å². The van der Waals surface area contributed by atoms with Crippen molar-refractivity contribution >= 4 is 17.6 Å². The van der Waals surface area contributed by atoms with Crippen LogP contribution in [0.3, 0.4) is 0 Å². The molecule has 96 valence electrons. The van der Waals surface area contributed by atoms with Gasteiger partial charge in [0.25, 0.3) is 0 Å². The van der Waals surface area contributed by atoms with Crippen LogP contribution in [0, 0.1) is 6.92 Å². The number of rotatable bonds is 6. The molecule has 0 spiro atoms. The molecule has 0 aromatic carbocycles. The van der Waals surface area contributed by atoms with Crippen LogP contribution in [0.4, 0.5) is 5.82 Å². The van der Waals surface area contributed by atoms with Crippen molar-refractivity contribution in [3.8, 4) is 5.88 Å². The number of thioether (sulfide) groups is 1. The molecule has 0 bridgehead atoms. The van der Waals surface area contributed by atoms with Crippen LogP contribution in [0.2, 0.25) is 0 Å². The first kappa shape index (κ1) is 14.1. The number of aliphatic hydroxyl groups excluding tert-OH is 1. The highest BCUT2D eigenvalue weighted by Gasteiger charge is 2.17. The summed E-state index contributed by atoms with van der Waals surface area (Å²) in [5, 5.41) is 12.6. The monoisotopic (exact) mass is 257 g/mol. The predicted molar refractivity (Wildman–Crippen MR) is 70.8 cm³/mol. The van der Waals surface area contributed by atoms with E-state index in [4.69, 9.17) is 4.74 Å². The Hall–Kier alpha value is -1.01. The number of hydrogen-bond donors (Lipinski definition) is 2. The Labute approximate surface area is 106 Å². The van der Waals surface area contributed by atoms with Gasteiger partial charge in [0.1, 0.15) is 12.1 Å². The lowest BCUT2D eigenvalue weighted by Crippen LogP contribution is -2.31. The van der Waals surface area contributed by atoms with Gasteiger partial charge in [0.2, 0.25) is 5.88 Å². The Morgan fingerprint density at radius 1 is 1.53 bits per heavy atom. The van der Waals surface area contributed by atoms with Gasteiger partial charge in [-0.15, -0.1) is 0 Å². The van der Waals surface area contributed by atoms with Crippen molar-refractivity contribution in [3.05, 3.63) is 11.9 Å². The Balaban J connectivity index is 2.81. The van der Waals surface area contributed by atoms with Crippen LogP contribution in [-0.2, 0) is 0 Å². The molecule has 0 saturated heterocycles. The number of anilines is 1. The number of nitrogens with one attached hydrogen (secondary N) is 1. The van der Waals surface area contributed by atoms with Crippen LogP contribution in [0.15, 0.2) is 6.33 Å². The van der Waals surface area contributed by atoms with E-state index in [1.807, 2.05) is 20.1 Å². The van der Waals surface area contributed by atoms with Gasteiger partial charge in [0.05, 0.1) is 19.3 Å². The molecule has 2 N–H and O–H groups in total. The number of nitrogens with zero attached hydrogens (tertiary/aromatic N) is 2. The minimum atomic E-state index is 0.119. The first-order valence-electron chi connectivity index (χ1n) is 5.39. The third-order valence-electron chi connectivity index (χ3n) is 2.64. The van der Waals surface area contributed by atoms with E-state index in [-0.39, 0.29) is 17.9 Å². The molecule has 2 atom stereocenters. The first-order valence-corrected chi connectivity index (χ1v) is 6.68. The van der Waals surface area contributed by atoms with Crippen LogP contribution in [0.5, 0.6) is 5.88 Å². The predicted octanol–water partition coefficient (Wildman–Crippen LogP) is 1.32. The van der Waals surface area contributed by atoms with Crippen LogP contribution in [-0.4, -0.2) is 46.3 Å². The Morgan fingerprint density at radius 3 is 2.76 bits per heavy atom. The molecule has 0 amide bonds. The SMILES string of the molecule is COc1ncnc(NC(C)C(CO)SC)c1C. The van der Waals surface area contributed by atoms with Crippen molar-refractivity contribution in [1.29, 1.82) is 0 Å². The van der Waals surface area contributed by atoms with E-state index >= 15 is 0 Å². The van der Waals surface area contributed by atoms with Gasteiger partial charge in [0.15, 0.2) is 0 Å². The molecule has 0 aliphatic rings. The van der Waals surface area contributed by atoms with E-state index < -0.39 is 0 Å². The van der Waals surface area contributed by atoms with E-state index in [0.29, 0.717) is 5.88 Å². The lowest BCUT2D eigenvalue weighted by atomic mass is 10.2. The van der Waals surface area contributed by atoms with Gasteiger partial charge >= 0.3 is 0 Å². The summed E-state index contributed by atoms with van der Waals surface area (Å²) in [7, 11) is 1.58. The van der Waals surface area contributed by atoms with Crippen molar-refractivity contribution in [2.24, 2.45) is 0 Å². The Morgan fingerprint density at radius 2 is 2.24 bits per heavy atom. The molecule has 1 aromatic rings. The largest absolute Gasteiger partial charge is 0.481 e. The van der Waals surface area contributed by atoms with Crippen molar-refractivity contribution in [2.75, 3.05) is 25.3 Å². The topological polar surface area (TPSA) is 67.3 Å². The Kier molecular flexibility index (Phi) is 5.50. The quantitative estimate of drug-likeness (QED) is 0.801. The second-order valence-corrected chi connectivity index (χ2v) is 4.82. The average Bonchev–Trinajstić information content (AvgIpc) is 2.33. The third kappa shape index (κ3) is 3.47. The smallest absolute Gasteiger partial charge is 0.221 e. The van der Waals surface area contributed by atoms with Gasteiger partial charge in [-0.1, -0.05) is 0 Å². The summed E-state index contributed by atoms with van der Waals surface area (Å²) < 4.78 is 5.13.